The van der Waals surface area contributed by atoms with E-state index in [1.165, 1.54) is 24.5 Å². The van der Waals surface area contributed by atoms with Gasteiger partial charge in [0.1, 0.15) is 4.88 Å². The van der Waals surface area contributed by atoms with E-state index in [0.29, 0.717) is 25.9 Å². The first kappa shape index (κ1) is 20.5. The second-order valence-corrected chi connectivity index (χ2v) is 8.58. The second kappa shape index (κ2) is 8.26. The summed E-state index contributed by atoms with van der Waals surface area (Å²) in [5, 5.41) is 0.738. The largest absolute Gasteiger partial charge is 0.465 e. The van der Waals surface area contributed by atoms with E-state index in [1.54, 1.807) is 18.2 Å². The van der Waals surface area contributed by atoms with Crippen molar-refractivity contribution in [3.63, 3.8) is 0 Å². The van der Waals surface area contributed by atoms with E-state index in [-0.39, 0.29) is 22.6 Å². The molecule has 2 rings (SSSR count). The summed E-state index contributed by atoms with van der Waals surface area (Å²) < 4.78 is 4.83. The minimum atomic E-state index is -0.483. The molecule has 0 aliphatic heterocycles. The van der Waals surface area contributed by atoms with Crippen LogP contribution >= 0.6 is 34.5 Å². The maximum Gasteiger partial charge on any atom is 0.348 e. The molecule has 2 aromatic rings. The van der Waals surface area contributed by atoms with Crippen molar-refractivity contribution in [2.75, 3.05) is 7.11 Å². The lowest BCUT2D eigenvalue weighted by Crippen LogP contribution is -2.08. The highest BCUT2D eigenvalue weighted by molar-refractivity contribution is 7.14. The molecule has 0 spiro atoms. The van der Waals surface area contributed by atoms with Crippen molar-refractivity contribution in [1.82, 2.24) is 0 Å². The smallest absolute Gasteiger partial charge is 0.348 e. The molecule has 1 aromatic heterocycles. The third-order valence-electron chi connectivity index (χ3n) is 3.32. The van der Waals surface area contributed by atoms with Gasteiger partial charge in [-0.1, -0.05) is 35.0 Å². The van der Waals surface area contributed by atoms with Gasteiger partial charge in [0, 0.05) is 22.4 Å². The van der Waals surface area contributed by atoms with Crippen LogP contribution in [0.5, 0.6) is 0 Å². The first-order chi connectivity index (χ1) is 12.1. The second-order valence-electron chi connectivity index (χ2n) is 6.68. The van der Waals surface area contributed by atoms with E-state index in [0.717, 1.165) is 0 Å². The quantitative estimate of drug-likeness (QED) is 0.372. The molecule has 1 heterocycles. The Bertz CT molecular complexity index is 911. The zero-order valence-electron chi connectivity index (χ0n) is 14.9. The molecular weight excluding hydrogens is 391 g/mol. The Balaban J connectivity index is 2.37. The van der Waals surface area contributed by atoms with E-state index < -0.39 is 5.97 Å². The van der Waals surface area contributed by atoms with Gasteiger partial charge >= 0.3 is 5.97 Å². The topological polar surface area (TPSA) is 43.4 Å². The molecule has 0 fully saturated rings. The van der Waals surface area contributed by atoms with Gasteiger partial charge in [0.05, 0.1) is 17.0 Å². The van der Waals surface area contributed by atoms with Crippen molar-refractivity contribution in [3.8, 4) is 11.8 Å². The number of hydrogen-bond acceptors (Lipinski definition) is 4. The third kappa shape index (κ3) is 5.35. The summed E-state index contributed by atoms with van der Waals surface area (Å²) in [6.45, 7) is 6.01. The predicted molar refractivity (Wildman–Crippen MR) is 106 cm³/mol. The van der Waals surface area contributed by atoms with Gasteiger partial charge in [0.15, 0.2) is 5.78 Å². The highest BCUT2D eigenvalue weighted by Crippen LogP contribution is 2.27. The van der Waals surface area contributed by atoms with E-state index in [2.05, 4.69) is 11.8 Å². The number of halogens is 2. The average molecular weight is 409 g/mol. The standard InChI is InChI=1S/C20H18Cl2O3S/c1-20(2,3)8-7-14-9-12(18(26-14)19(24)25-4)10-17(23)15-6-5-13(21)11-16(15)22/h5-6,9,11H,10H2,1-4H3. The first-order valence-corrected chi connectivity index (χ1v) is 9.40. The molecular formula is C20H18Cl2O3S. The lowest BCUT2D eigenvalue weighted by atomic mass is 9.98. The first-order valence-electron chi connectivity index (χ1n) is 7.83. The van der Waals surface area contributed by atoms with Gasteiger partial charge in [-0.2, -0.15) is 0 Å². The predicted octanol–water partition coefficient (Wildman–Crippen LogP) is 5.66. The van der Waals surface area contributed by atoms with Crippen LogP contribution < -0.4 is 0 Å². The molecule has 26 heavy (non-hydrogen) atoms. The molecule has 0 saturated carbocycles. The zero-order valence-corrected chi connectivity index (χ0v) is 17.2. The zero-order chi connectivity index (χ0) is 19.5. The Morgan fingerprint density at radius 1 is 1.19 bits per heavy atom. The minimum Gasteiger partial charge on any atom is -0.465 e. The minimum absolute atomic E-state index is 0.0273. The van der Waals surface area contributed by atoms with Crippen molar-refractivity contribution in [2.24, 2.45) is 5.41 Å². The molecule has 0 bridgehead atoms. The van der Waals surface area contributed by atoms with Crippen molar-refractivity contribution >= 4 is 46.3 Å². The van der Waals surface area contributed by atoms with Crippen molar-refractivity contribution in [3.05, 3.63) is 55.2 Å². The lowest BCUT2D eigenvalue weighted by Gasteiger charge is -2.06. The van der Waals surface area contributed by atoms with Crippen LogP contribution in [0.2, 0.25) is 10.0 Å². The van der Waals surface area contributed by atoms with Crippen LogP contribution in [-0.4, -0.2) is 18.9 Å². The number of ketones is 1. The summed E-state index contributed by atoms with van der Waals surface area (Å²) in [6, 6.07) is 6.47. The monoisotopic (exact) mass is 408 g/mol. The Kier molecular flexibility index (Phi) is 6.52. The summed E-state index contributed by atoms with van der Waals surface area (Å²) in [5.74, 6) is 5.50. The molecule has 3 nitrogen and oxygen atoms in total. The van der Waals surface area contributed by atoms with Crippen LogP contribution in [0.3, 0.4) is 0 Å². The molecule has 1 aromatic carbocycles. The normalized spacial score (nSPS) is 10.8. The maximum atomic E-state index is 12.6. The molecule has 0 amide bonds. The molecule has 0 N–H and O–H groups in total. The summed E-state index contributed by atoms with van der Waals surface area (Å²) in [4.78, 5) is 25.8. The third-order valence-corrected chi connectivity index (χ3v) is 4.94. The number of esters is 1. The highest BCUT2D eigenvalue weighted by atomic mass is 35.5. The number of methoxy groups -OCH3 is 1. The summed E-state index contributed by atoms with van der Waals surface area (Å²) in [5.41, 5.74) is 0.777. The van der Waals surface area contributed by atoms with Gasteiger partial charge in [-0.05, 0) is 50.6 Å². The van der Waals surface area contributed by atoms with Crippen LogP contribution in [0.1, 0.15) is 51.2 Å². The fourth-order valence-corrected chi connectivity index (χ4v) is 3.59. The molecule has 0 saturated heterocycles. The van der Waals surface area contributed by atoms with Gasteiger partial charge in [-0.3, -0.25) is 4.79 Å². The van der Waals surface area contributed by atoms with Crippen LogP contribution in [0.4, 0.5) is 0 Å². The summed E-state index contributed by atoms with van der Waals surface area (Å²) in [7, 11) is 1.31. The molecule has 0 atom stereocenters. The Morgan fingerprint density at radius 3 is 2.46 bits per heavy atom. The average Bonchev–Trinajstić information content (AvgIpc) is 2.94. The number of thiophene rings is 1. The number of benzene rings is 1. The number of hydrogen-bond donors (Lipinski definition) is 0. The van der Waals surface area contributed by atoms with Crippen LogP contribution in [0.25, 0.3) is 0 Å². The molecule has 0 unspecified atom stereocenters. The fraction of sp³-hybridized carbons (Fsp3) is 0.300. The van der Waals surface area contributed by atoms with Crippen molar-refractivity contribution < 1.29 is 14.3 Å². The lowest BCUT2D eigenvalue weighted by molar-refractivity contribution is 0.0605. The van der Waals surface area contributed by atoms with Crippen LogP contribution in [0.15, 0.2) is 24.3 Å². The van der Waals surface area contributed by atoms with E-state index in [9.17, 15) is 9.59 Å². The highest BCUT2D eigenvalue weighted by Gasteiger charge is 2.20. The number of ether oxygens (including phenoxy) is 1. The number of Topliss-reactive ketones (excluding diaryl/α,β-unsaturated/α-hetero) is 1. The van der Waals surface area contributed by atoms with Gasteiger partial charge in [0.25, 0.3) is 0 Å². The maximum absolute atomic E-state index is 12.6. The Morgan fingerprint density at radius 2 is 1.88 bits per heavy atom. The molecule has 6 heteroatoms. The number of carbonyl (C=O) groups excluding carboxylic acids is 2. The van der Waals surface area contributed by atoms with E-state index in [1.807, 2.05) is 20.8 Å². The summed E-state index contributed by atoms with van der Waals surface area (Å²) >= 11 is 13.2. The Labute approximate surface area is 167 Å². The fourth-order valence-electron chi connectivity index (χ4n) is 2.12. The van der Waals surface area contributed by atoms with Gasteiger partial charge in [0.2, 0.25) is 0 Å². The van der Waals surface area contributed by atoms with Crippen molar-refractivity contribution in [2.45, 2.75) is 27.2 Å². The molecule has 136 valence electrons. The number of carbonyl (C=O) groups is 2. The SMILES string of the molecule is COC(=O)c1sc(C#CC(C)(C)C)cc1CC(=O)c1ccc(Cl)cc1Cl. The van der Waals surface area contributed by atoms with Crippen LogP contribution in [0, 0.1) is 17.3 Å². The molecule has 0 aliphatic carbocycles. The van der Waals surface area contributed by atoms with Crippen LogP contribution in [-0.2, 0) is 11.2 Å². The van der Waals surface area contributed by atoms with Gasteiger partial charge in [-0.15, -0.1) is 11.3 Å². The van der Waals surface area contributed by atoms with Gasteiger partial charge in [-0.25, -0.2) is 4.79 Å². The number of rotatable bonds is 4. The van der Waals surface area contributed by atoms with Crippen molar-refractivity contribution in [1.29, 1.82) is 0 Å². The van der Waals surface area contributed by atoms with Gasteiger partial charge < -0.3 is 4.74 Å². The van der Waals surface area contributed by atoms with E-state index >= 15 is 0 Å². The van der Waals surface area contributed by atoms with E-state index in [4.69, 9.17) is 27.9 Å². The molecule has 0 aliphatic rings. The molecule has 0 radical (unpaired) electrons. The summed E-state index contributed by atoms with van der Waals surface area (Å²) in [6.07, 6.45) is 0.0273. The Hall–Kier alpha value is -1.80.